The molecular formula is C17H19N5O4. The molecule has 2 aromatic carbocycles. The monoisotopic (exact) mass is 357 g/mol. The van der Waals surface area contributed by atoms with E-state index in [0.29, 0.717) is 22.6 Å². The lowest BCUT2D eigenvalue weighted by atomic mass is 10.2. The Hall–Kier alpha value is -3.75. The predicted octanol–water partition coefficient (Wildman–Crippen LogP) is 1.60. The fourth-order valence-corrected chi connectivity index (χ4v) is 1.92. The maximum Gasteiger partial charge on any atom is 0.230 e. The van der Waals surface area contributed by atoms with Crippen LogP contribution in [0.2, 0.25) is 0 Å². The SMILES string of the molecule is COc1cc(/C=N/NC(=N)N/N=C/c2ccc(O)c(OC)c2)ccc1O. The van der Waals surface area contributed by atoms with Gasteiger partial charge in [0, 0.05) is 0 Å². The number of methoxy groups -OCH3 is 2. The van der Waals surface area contributed by atoms with Gasteiger partial charge in [-0.1, -0.05) is 0 Å². The zero-order valence-electron chi connectivity index (χ0n) is 14.2. The molecular weight excluding hydrogens is 338 g/mol. The molecule has 2 rings (SSSR count). The number of hydrogen-bond donors (Lipinski definition) is 5. The number of phenols is 2. The van der Waals surface area contributed by atoms with Crippen LogP contribution >= 0.6 is 0 Å². The van der Waals surface area contributed by atoms with Crippen molar-refractivity contribution < 1.29 is 19.7 Å². The van der Waals surface area contributed by atoms with Gasteiger partial charge in [0.05, 0.1) is 26.6 Å². The van der Waals surface area contributed by atoms with Gasteiger partial charge in [0.2, 0.25) is 5.96 Å². The predicted molar refractivity (Wildman–Crippen MR) is 98.5 cm³/mol. The molecule has 136 valence electrons. The minimum atomic E-state index is -0.144. The van der Waals surface area contributed by atoms with Crippen molar-refractivity contribution in [3.05, 3.63) is 47.5 Å². The molecule has 0 aromatic heterocycles. The zero-order chi connectivity index (χ0) is 18.9. The Morgan fingerprint density at radius 3 is 1.69 bits per heavy atom. The number of benzene rings is 2. The Morgan fingerprint density at radius 1 is 0.885 bits per heavy atom. The van der Waals surface area contributed by atoms with Crippen molar-refractivity contribution >= 4 is 18.4 Å². The van der Waals surface area contributed by atoms with Gasteiger partial charge < -0.3 is 19.7 Å². The molecule has 0 aliphatic heterocycles. The molecule has 0 heterocycles. The molecule has 0 saturated heterocycles. The first-order chi connectivity index (χ1) is 12.5. The first-order valence-corrected chi connectivity index (χ1v) is 7.44. The van der Waals surface area contributed by atoms with Crippen LogP contribution in [-0.4, -0.2) is 42.8 Å². The van der Waals surface area contributed by atoms with Crippen molar-refractivity contribution in [2.45, 2.75) is 0 Å². The van der Waals surface area contributed by atoms with E-state index in [1.165, 1.54) is 38.8 Å². The number of hydrogen-bond acceptors (Lipinski definition) is 7. The fourth-order valence-electron chi connectivity index (χ4n) is 1.92. The quantitative estimate of drug-likeness (QED) is 0.303. The summed E-state index contributed by atoms with van der Waals surface area (Å²) in [6.07, 6.45) is 2.93. The summed E-state index contributed by atoms with van der Waals surface area (Å²) in [7, 11) is 2.91. The molecule has 0 unspecified atom stereocenters. The van der Waals surface area contributed by atoms with E-state index in [2.05, 4.69) is 21.1 Å². The Kier molecular flexibility index (Phi) is 6.38. The zero-order valence-corrected chi connectivity index (χ0v) is 14.2. The lowest BCUT2D eigenvalue weighted by molar-refractivity contribution is 0.373. The molecule has 2 aromatic rings. The normalized spacial score (nSPS) is 10.8. The van der Waals surface area contributed by atoms with Gasteiger partial charge in [-0.25, -0.2) is 10.9 Å². The molecule has 9 nitrogen and oxygen atoms in total. The number of nitrogens with one attached hydrogen (secondary N) is 3. The largest absolute Gasteiger partial charge is 0.504 e. The molecule has 0 aliphatic carbocycles. The van der Waals surface area contributed by atoms with Gasteiger partial charge in [-0.3, -0.25) is 5.41 Å². The van der Waals surface area contributed by atoms with Crippen LogP contribution in [0.3, 0.4) is 0 Å². The first kappa shape index (κ1) is 18.6. The summed E-state index contributed by atoms with van der Waals surface area (Å²) in [5.41, 5.74) is 6.28. The highest BCUT2D eigenvalue weighted by Crippen LogP contribution is 2.26. The molecule has 0 fully saturated rings. The van der Waals surface area contributed by atoms with Crippen molar-refractivity contribution in [3.63, 3.8) is 0 Å². The van der Waals surface area contributed by atoms with E-state index >= 15 is 0 Å². The average molecular weight is 357 g/mol. The number of rotatable bonds is 6. The molecule has 26 heavy (non-hydrogen) atoms. The second kappa shape index (κ2) is 8.92. The number of phenolic OH excluding ortho intramolecular Hbond substituents is 2. The van der Waals surface area contributed by atoms with Crippen LogP contribution in [0.15, 0.2) is 46.6 Å². The third-order valence-electron chi connectivity index (χ3n) is 3.19. The maximum absolute atomic E-state index is 9.52. The summed E-state index contributed by atoms with van der Waals surface area (Å²) in [5.74, 6) is 0.584. The number of hydrazone groups is 2. The van der Waals surface area contributed by atoms with Gasteiger partial charge in [-0.05, 0) is 47.5 Å². The molecule has 0 spiro atoms. The topological polar surface area (TPSA) is 132 Å². The summed E-state index contributed by atoms with van der Waals surface area (Å²) in [5, 5.41) is 34.5. The number of nitrogens with zero attached hydrogens (tertiary/aromatic N) is 2. The van der Waals surface area contributed by atoms with Crippen LogP contribution in [0.5, 0.6) is 23.0 Å². The Bertz CT molecular complexity index is 768. The summed E-state index contributed by atoms with van der Waals surface area (Å²) < 4.78 is 10.0. The van der Waals surface area contributed by atoms with Gasteiger partial charge >= 0.3 is 0 Å². The molecule has 9 heteroatoms. The number of ether oxygens (including phenoxy) is 2. The van der Waals surface area contributed by atoms with Crippen LogP contribution in [0.25, 0.3) is 0 Å². The van der Waals surface area contributed by atoms with Crippen molar-refractivity contribution in [2.75, 3.05) is 14.2 Å². The van der Waals surface area contributed by atoms with E-state index in [9.17, 15) is 10.2 Å². The fraction of sp³-hybridized carbons (Fsp3) is 0.118. The molecule has 0 aliphatic rings. The van der Waals surface area contributed by atoms with Crippen LogP contribution in [0, 0.1) is 5.41 Å². The molecule has 5 N–H and O–H groups in total. The molecule has 0 radical (unpaired) electrons. The Balaban J connectivity index is 1.87. The first-order valence-electron chi connectivity index (χ1n) is 7.44. The maximum atomic E-state index is 9.52. The van der Waals surface area contributed by atoms with E-state index in [1.54, 1.807) is 24.3 Å². The lowest BCUT2D eigenvalue weighted by Crippen LogP contribution is -2.29. The summed E-state index contributed by atoms with van der Waals surface area (Å²) >= 11 is 0. The van der Waals surface area contributed by atoms with Crippen molar-refractivity contribution in [2.24, 2.45) is 10.2 Å². The Labute approximate surface area is 150 Å². The summed E-state index contributed by atoms with van der Waals surface area (Å²) in [4.78, 5) is 0. The average Bonchev–Trinajstić information content (AvgIpc) is 2.64. The lowest BCUT2D eigenvalue weighted by Gasteiger charge is -2.04. The van der Waals surface area contributed by atoms with E-state index < -0.39 is 0 Å². The van der Waals surface area contributed by atoms with Gasteiger partial charge in [0.15, 0.2) is 23.0 Å². The minimum absolute atomic E-state index is 0.0345. The third-order valence-corrected chi connectivity index (χ3v) is 3.19. The van der Waals surface area contributed by atoms with E-state index in [4.69, 9.17) is 14.9 Å². The minimum Gasteiger partial charge on any atom is -0.504 e. The Morgan fingerprint density at radius 2 is 1.31 bits per heavy atom. The van der Waals surface area contributed by atoms with Gasteiger partial charge in [0.1, 0.15) is 0 Å². The van der Waals surface area contributed by atoms with Crippen molar-refractivity contribution in [3.8, 4) is 23.0 Å². The van der Waals surface area contributed by atoms with Gasteiger partial charge in [-0.2, -0.15) is 10.2 Å². The molecule has 0 atom stereocenters. The third kappa shape index (κ3) is 5.13. The number of guanidine groups is 1. The second-order valence-electron chi connectivity index (χ2n) is 4.98. The van der Waals surface area contributed by atoms with Gasteiger partial charge in [0.25, 0.3) is 0 Å². The second-order valence-corrected chi connectivity index (χ2v) is 4.98. The van der Waals surface area contributed by atoms with E-state index in [-0.39, 0.29) is 17.5 Å². The molecule has 0 saturated carbocycles. The molecule has 0 amide bonds. The highest BCUT2D eigenvalue weighted by atomic mass is 16.5. The van der Waals surface area contributed by atoms with Crippen LogP contribution in [0.1, 0.15) is 11.1 Å². The summed E-state index contributed by atoms with van der Waals surface area (Å²) in [6.45, 7) is 0. The van der Waals surface area contributed by atoms with Gasteiger partial charge in [-0.15, -0.1) is 0 Å². The van der Waals surface area contributed by atoms with E-state index in [1.807, 2.05) is 0 Å². The standard InChI is InChI=1S/C17H19N5O4/c1-25-15-7-11(3-5-13(15)23)9-19-21-17(18)22-20-10-12-4-6-14(24)16(8-12)26-2/h3-10,23-24H,1-2H3,(H3,18,21,22)/b19-9+,20-10+. The summed E-state index contributed by atoms with van der Waals surface area (Å²) in [6, 6.07) is 9.48. The van der Waals surface area contributed by atoms with E-state index in [0.717, 1.165) is 0 Å². The molecule has 0 bridgehead atoms. The van der Waals surface area contributed by atoms with Crippen LogP contribution in [-0.2, 0) is 0 Å². The van der Waals surface area contributed by atoms with Crippen LogP contribution < -0.4 is 20.3 Å². The smallest absolute Gasteiger partial charge is 0.230 e. The van der Waals surface area contributed by atoms with Crippen molar-refractivity contribution in [1.82, 2.24) is 10.9 Å². The van der Waals surface area contributed by atoms with Crippen molar-refractivity contribution in [1.29, 1.82) is 5.41 Å². The highest BCUT2D eigenvalue weighted by Gasteiger charge is 2.02. The number of aromatic hydroxyl groups is 2. The highest BCUT2D eigenvalue weighted by molar-refractivity contribution is 5.85. The van der Waals surface area contributed by atoms with Crippen LogP contribution in [0.4, 0.5) is 0 Å².